The van der Waals surface area contributed by atoms with Crippen molar-refractivity contribution in [2.45, 2.75) is 57.9 Å². The normalized spacial score (nSPS) is 29.9. The van der Waals surface area contributed by atoms with Gasteiger partial charge in [0.15, 0.2) is 0 Å². The number of hydrogen-bond acceptors (Lipinski definition) is 3. The van der Waals surface area contributed by atoms with Crippen molar-refractivity contribution >= 4 is 5.91 Å². The predicted octanol–water partition coefficient (Wildman–Crippen LogP) is 1.74. The van der Waals surface area contributed by atoms with Crippen LogP contribution in [0.15, 0.2) is 0 Å². The second kappa shape index (κ2) is 7.99. The first-order chi connectivity index (χ1) is 9.69. The van der Waals surface area contributed by atoms with Crippen molar-refractivity contribution in [2.75, 3.05) is 26.2 Å². The van der Waals surface area contributed by atoms with Crippen LogP contribution in [0.4, 0.5) is 0 Å². The molecule has 0 aromatic carbocycles. The van der Waals surface area contributed by atoms with Crippen molar-refractivity contribution in [3.8, 4) is 0 Å². The molecule has 0 spiro atoms. The maximum Gasteiger partial charge on any atom is 0.234 e. The van der Waals surface area contributed by atoms with Gasteiger partial charge >= 0.3 is 0 Å². The van der Waals surface area contributed by atoms with E-state index in [2.05, 4.69) is 17.1 Å². The average molecular weight is 281 g/mol. The number of carbonyl (C=O) groups is 1. The lowest BCUT2D eigenvalue weighted by Gasteiger charge is -2.36. The molecule has 3 N–H and O–H groups in total. The second-order valence-corrected chi connectivity index (χ2v) is 6.75. The van der Waals surface area contributed by atoms with Gasteiger partial charge in [0, 0.05) is 12.6 Å². The van der Waals surface area contributed by atoms with Crippen LogP contribution < -0.4 is 11.1 Å². The van der Waals surface area contributed by atoms with E-state index in [-0.39, 0.29) is 5.91 Å². The van der Waals surface area contributed by atoms with Crippen molar-refractivity contribution in [1.29, 1.82) is 0 Å². The molecule has 2 atom stereocenters. The molecule has 0 bridgehead atoms. The highest BCUT2D eigenvalue weighted by atomic mass is 16.2. The Bertz CT molecular complexity index is 300. The van der Waals surface area contributed by atoms with Crippen molar-refractivity contribution in [2.24, 2.45) is 17.6 Å². The lowest BCUT2D eigenvalue weighted by molar-refractivity contribution is -0.123. The first-order valence-electron chi connectivity index (χ1n) is 8.41. The first kappa shape index (κ1) is 15.8. The smallest absolute Gasteiger partial charge is 0.234 e. The molecule has 1 saturated heterocycles. The molecule has 2 fully saturated rings. The fourth-order valence-electron chi connectivity index (χ4n) is 3.67. The van der Waals surface area contributed by atoms with Gasteiger partial charge in [0.1, 0.15) is 0 Å². The molecule has 4 nitrogen and oxygen atoms in total. The molecule has 0 aromatic rings. The van der Waals surface area contributed by atoms with E-state index in [0.29, 0.717) is 24.4 Å². The molecule has 0 radical (unpaired) electrons. The summed E-state index contributed by atoms with van der Waals surface area (Å²) in [4.78, 5) is 14.5. The van der Waals surface area contributed by atoms with Crippen LogP contribution in [0.5, 0.6) is 0 Å². The van der Waals surface area contributed by atoms with E-state index in [1.807, 2.05) is 0 Å². The number of nitrogens with zero attached hydrogens (tertiary/aromatic N) is 1. The summed E-state index contributed by atoms with van der Waals surface area (Å²) in [6.45, 7) is 5.64. The van der Waals surface area contributed by atoms with E-state index >= 15 is 0 Å². The Morgan fingerprint density at radius 3 is 2.50 bits per heavy atom. The monoisotopic (exact) mass is 281 g/mol. The van der Waals surface area contributed by atoms with Crippen molar-refractivity contribution in [1.82, 2.24) is 10.2 Å². The lowest BCUT2D eigenvalue weighted by atomic mass is 9.87. The predicted molar refractivity (Wildman–Crippen MR) is 82.4 cm³/mol. The third kappa shape index (κ3) is 4.74. The van der Waals surface area contributed by atoms with Gasteiger partial charge in [-0.25, -0.2) is 0 Å². The van der Waals surface area contributed by atoms with Crippen molar-refractivity contribution < 1.29 is 4.79 Å². The van der Waals surface area contributed by atoms with Crippen molar-refractivity contribution in [3.63, 3.8) is 0 Å². The van der Waals surface area contributed by atoms with Crippen LogP contribution in [0.1, 0.15) is 51.9 Å². The van der Waals surface area contributed by atoms with E-state index < -0.39 is 0 Å². The van der Waals surface area contributed by atoms with E-state index in [1.165, 1.54) is 25.7 Å². The molecular formula is C16H31N3O. The minimum Gasteiger partial charge on any atom is -0.352 e. The highest BCUT2D eigenvalue weighted by Gasteiger charge is 2.26. The number of hydrogen-bond donors (Lipinski definition) is 2. The summed E-state index contributed by atoms with van der Waals surface area (Å²) in [5.74, 6) is 1.46. The summed E-state index contributed by atoms with van der Waals surface area (Å²) in [6.07, 6.45) is 8.66. The number of likely N-dealkylation sites (tertiary alicyclic amines) is 1. The Morgan fingerprint density at radius 2 is 1.90 bits per heavy atom. The summed E-state index contributed by atoms with van der Waals surface area (Å²) in [5, 5.41) is 3.24. The number of carbonyl (C=O) groups excluding carboxylic acids is 1. The SMILES string of the molecule is CC1CN(CC(=O)NC2CCCCCC2)CCC1CN. The molecule has 0 aromatic heterocycles. The van der Waals surface area contributed by atoms with Crippen LogP contribution in [0.25, 0.3) is 0 Å². The van der Waals surface area contributed by atoms with Crippen molar-refractivity contribution in [3.05, 3.63) is 0 Å². The fourth-order valence-corrected chi connectivity index (χ4v) is 3.67. The van der Waals surface area contributed by atoms with Crippen LogP contribution >= 0.6 is 0 Å². The van der Waals surface area contributed by atoms with Gasteiger partial charge < -0.3 is 11.1 Å². The minimum absolute atomic E-state index is 0.218. The standard InChI is InChI=1S/C16H31N3O/c1-13-11-19(9-8-14(13)10-17)12-16(20)18-15-6-4-2-3-5-7-15/h13-15H,2-12,17H2,1H3,(H,18,20). The molecule has 2 aliphatic rings. The number of piperidine rings is 1. The zero-order chi connectivity index (χ0) is 14.4. The highest BCUT2D eigenvalue weighted by Crippen LogP contribution is 2.22. The third-order valence-corrected chi connectivity index (χ3v) is 5.06. The maximum atomic E-state index is 12.2. The van der Waals surface area contributed by atoms with Gasteiger partial charge in [-0.2, -0.15) is 0 Å². The van der Waals surface area contributed by atoms with Crippen LogP contribution in [0.3, 0.4) is 0 Å². The van der Waals surface area contributed by atoms with E-state index in [9.17, 15) is 4.79 Å². The van der Waals surface area contributed by atoms with Gasteiger partial charge in [-0.05, 0) is 44.2 Å². The zero-order valence-electron chi connectivity index (χ0n) is 12.9. The molecular weight excluding hydrogens is 250 g/mol. The van der Waals surface area contributed by atoms with Gasteiger partial charge in [0.25, 0.3) is 0 Å². The second-order valence-electron chi connectivity index (χ2n) is 6.75. The highest BCUT2D eigenvalue weighted by molar-refractivity contribution is 5.78. The summed E-state index contributed by atoms with van der Waals surface area (Å²) in [5.41, 5.74) is 5.78. The van der Waals surface area contributed by atoms with Crippen LogP contribution in [-0.4, -0.2) is 43.0 Å². The van der Waals surface area contributed by atoms with E-state index in [4.69, 9.17) is 5.73 Å². The number of nitrogens with two attached hydrogens (primary N) is 1. The molecule has 1 heterocycles. The molecule has 1 saturated carbocycles. The van der Waals surface area contributed by atoms with Gasteiger partial charge in [-0.3, -0.25) is 9.69 Å². The molecule has 1 amide bonds. The van der Waals surface area contributed by atoms with Crippen LogP contribution in [0, 0.1) is 11.8 Å². The Morgan fingerprint density at radius 1 is 1.20 bits per heavy atom. The molecule has 1 aliphatic heterocycles. The Kier molecular flexibility index (Phi) is 6.30. The Labute approximate surface area is 123 Å². The fraction of sp³-hybridized carbons (Fsp3) is 0.938. The van der Waals surface area contributed by atoms with Gasteiger partial charge in [-0.1, -0.05) is 32.6 Å². The van der Waals surface area contributed by atoms with Crippen LogP contribution in [-0.2, 0) is 4.79 Å². The summed E-state index contributed by atoms with van der Waals surface area (Å²) >= 11 is 0. The average Bonchev–Trinajstić information content (AvgIpc) is 2.67. The van der Waals surface area contributed by atoms with Gasteiger partial charge in [0.2, 0.25) is 5.91 Å². The number of amides is 1. The molecule has 4 heteroatoms. The quantitative estimate of drug-likeness (QED) is 0.772. The summed E-state index contributed by atoms with van der Waals surface area (Å²) in [7, 11) is 0. The largest absolute Gasteiger partial charge is 0.352 e. The number of rotatable bonds is 4. The van der Waals surface area contributed by atoms with Crippen LogP contribution in [0.2, 0.25) is 0 Å². The minimum atomic E-state index is 0.218. The molecule has 20 heavy (non-hydrogen) atoms. The zero-order valence-corrected chi connectivity index (χ0v) is 12.9. The van der Waals surface area contributed by atoms with E-state index in [0.717, 1.165) is 38.9 Å². The third-order valence-electron chi connectivity index (χ3n) is 5.06. The summed E-state index contributed by atoms with van der Waals surface area (Å²) in [6, 6.07) is 0.420. The molecule has 116 valence electrons. The lowest BCUT2D eigenvalue weighted by Crippen LogP contribution is -2.47. The topological polar surface area (TPSA) is 58.4 Å². The van der Waals surface area contributed by atoms with Gasteiger partial charge in [0.05, 0.1) is 6.54 Å². The molecule has 2 rings (SSSR count). The first-order valence-corrected chi connectivity index (χ1v) is 8.41. The molecule has 2 unspecified atom stereocenters. The molecule has 1 aliphatic carbocycles. The summed E-state index contributed by atoms with van der Waals surface area (Å²) < 4.78 is 0. The maximum absolute atomic E-state index is 12.2. The van der Waals surface area contributed by atoms with Gasteiger partial charge in [-0.15, -0.1) is 0 Å². The number of nitrogens with one attached hydrogen (secondary N) is 1. The Hall–Kier alpha value is -0.610. The van der Waals surface area contributed by atoms with E-state index in [1.54, 1.807) is 0 Å². The Balaban J connectivity index is 1.71.